The molecule has 0 aliphatic heterocycles. The predicted molar refractivity (Wildman–Crippen MR) is 83.6 cm³/mol. The molecule has 4 nitrogen and oxygen atoms in total. The molecule has 2 N–H and O–H groups in total. The Morgan fingerprint density at radius 3 is 1.81 bits per heavy atom. The highest BCUT2D eigenvalue weighted by atomic mass is 15.0. The molecule has 0 amide bonds. The lowest BCUT2D eigenvalue weighted by Crippen LogP contribution is -1.99. The van der Waals surface area contributed by atoms with Gasteiger partial charge in [0.15, 0.2) is 0 Å². The highest BCUT2D eigenvalue weighted by molar-refractivity contribution is 5.79. The quantitative estimate of drug-likeness (QED) is 0.719. The van der Waals surface area contributed by atoms with Crippen LogP contribution in [0.2, 0.25) is 0 Å². The van der Waals surface area contributed by atoms with Crippen LogP contribution in [0.15, 0.2) is 60.7 Å². The number of nitrogen functional groups attached to an aromatic ring is 1. The van der Waals surface area contributed by atoms with Gasteiger partial charge in [0.25, 0.3) is 5.82 Å². The molecule has 0 bridgehead atoms. The highest BCUT2D eigenvalue weighted by Gasteiger charge is 2.16. The summed E-state index contributed by atoms with van der Waals surface area (Å²) in [6, 6.07) is 19.2. The van der Waals surface area contributed by atoms with Crippen LogP contribution in [0.1, 0.15) is 0 Å². The number of anilines is 1. The number of nitrogens with two attached hydrogens (primary N) is 1. The van der Waals surface area contributed by atoms with Gasteiger partial charge in [-0.1, -0.05) is 72.2 Å². The van der Waals surface area contributed by atoms with Crippen LogP contribution in [0.3, 0.4) is 0 Å². The third-order valence-electron chi connectivity index (χ3n) is 3.10. The van der Waals surface area contributed by atoms with Gasteiger partial charge in [0.2, 0.25) is 5.82 Å². The maximum absolute atomic E-state index is 7.27. The van der Waals surface area contributed by atoms with Gasteiger partial charge in [-0.15, -0.1) is 0 Å². The number of hydrogen-bond acceptors (Lipinski definition) is 3. The molecule has 100 valence electrons. The van der Waals surface area contributed by atoms with E-state index < -0.39 is 0 Å². The van der Waals surface area contributed by atoms with Crippen LogP contribution >= 0.6 is 0 Å². The molecule has 2 aromatic carbocycles. The third-order valence-corrected chi connectivity index (χ3v) is 3.10. The van der Waals surface area contributed by atoms with Crippen LogP contribution in [-0.4, -0.2) is 9.97 Å². The minimum atomic E-state index is 0.221. The first kappa shape index (κ1) is 12.8. The summed E-state index contributed by atoms with van der Waals surface area (Å²) >= 11 is 0. The average Bonchev–Trinajstić information content (AvgIpc) is 2.56. The summed E-state index contributed by atoms with van der Waals surface area (Å²) in [5.74, 6) is 0.491. The van der Waals surface area contributed by atoms with Gasteiger partial charge in [-0.3, -0.25) is 4.98 Å². The van der Waals surface area contributed by atoms with E-state index in [4.69, 9.17) is 12.3 Å². The van der Waals surface area contributed by atoms with Crippen molar-refractivity contribution in [2.45, 2.75) is 0 Å². The molecular formula is C17H12N4. The largest absolute Gasteiger partial charge is 0.362 e. The normalized spacial score (nSPS) is 10.0. The number of aromatic nitrogens is 2. The fraction of sp³-hybridized carbons (Fsp3) is 0. The molecule has 0 fully saturated rings. The van der Waals surface area contributed by atoms with Gasteiger partial charge in [-0.25, -0.2) is 0 Å². The number of benzene rings is 2. The smallest absolute Gasteiger partial charge is 0.298 e. The highest BCUT2D eigenvalue weighted by Crippen LogP contribution is 2.32. The molecular weight excluding hydrogens is 260 g/mol. The van der Waals surface area contributed by atoms with Crippen molar-refractivity contribution < 1.29 is 0 Å². The first-order chi connectivity index (χ1) is 10.3. The Hall–Kier alpha value is -3.19. The summed E-state index contributed by atoms with van der Waals surface area (Å²) in [6.07, 6.45) is 0. The van der Waals surface area contributed by atoms with E-state index in [1.165, 1.54) is 0 Å². The molecule has 1 heterocycles. The molecule has 3 rings (SSSR count). The first-order valence-corrected chi connectivity index (χ1v) is 6.45. The van der Waals surface area contributed by atoms with Gasteiger partial charge in [0.05, 0.1) is 5.69 Å². The van der Waals surface area contributed by atoms with E-state index in [0.29, 0.717) is 11.4 Å². The standard InChI is InChI=1S/C17H12N4/c1-19-17-15(13-10-6-3-7-11-13)20-14(16(18)21-17)12-8-4-2-5-9-12/h2-11H,(H2,18,21). The number of hydrogen-bond donors (Lipinski definition) is 1. The average molecular weight is 272 g/mol. The van der Waals surface area contributed by atoms with E-state index in [9.17, 15) is 0 Å². The van der Waals surface area contributed by atoms with Crippen molar-refractivity contribution in [2.75, 3.05) is 5.73 Å². The minimum Gasteiger partial charge on any atom is -0.362 e. The molecule has 0 radical (unpaired) electrons. The third kappa shape index (κ3) is 2.45. The topological polar surface area (TPSA) is 56.2 Å². The Kier molecular flexibility index (Phi) is 3.32. The first-order valence-electron chi connectivity index (χ1n) is 6.45. The van der Waals surface area contributed by atoms with Crippen LogP contribution in [0.4, 0.5) is 11.6 Å². The molecule has 3 aromatic rings. The summed E-state index contributed by atoms with van der Waals surface area (Å²) in [5.41, 5.74) is 8.85. The molecule has 0 saturated carbocycles. The number of rotatable bonds is 2. The minimum absolute atomic E-state index is 0.221. The van der Waals surface area contributed by atoms with Gasteiger partial charge < -0.3 is 10.6 Å². The van der Waals surface area contributed by atoms with Crippen molar-refractivity contribution in [2.24, 2.45) is 0 Å². The van der Waals surface area contributed by atoms with Crippen molar-refractivity contribution >= 4 is 11.6 Å². The molecule has 0 saturated heterocycles. The van der Waals surface area contributed by atoms with E-state index >= 15 is 0 Å². The second kappa shape index (κ2) is 5.43. The van der Waals surface area contributed by atoms with E-state index in [0.717, 1.165) is 11.1 Å². The zero-order valence-corrected chi connectivity index (χ0v) is 11.2. The maximum Gasteiger partial charge on any atom is 0.298 e. The van der Waals surface area contributed by atoms with Crippen LogP contribution in [0.5, 0.6) is 0 Å². The molecule has 0 aliphatic rings. The van der Waals surface area contributed by atoms with Crippen LogP contribution in [-0.2, 0) is 0 Å². The zero-order valence-electron chi connectivity index (χ0n) is 11.2. The van der Waals surface area contributed by atoms with Crippen molar-refractivity contribution in [1.82, 2.24) is 9.97 Å². The van der Waals surface area contributed by atoms with E-state index in [1.54, 1.807) is 0 Å². The van der Waals surface area contributed by atoms with Gasteiger partial charge in [-0.2, -0.15) is 0 Å². The lowest BCUT2D eigenvalue weighted by molar-refractivity contribution is 1.24. The summed E-state index contributed by atoms with van der Waals surface area (Å²) in [6.45, 7) is 7.27. The van der Waals surface area contributed by atoms with Gasteiger partial charge >= 0.3 is 0 Å². The molecule has 0 unspecified atom stereocenters. The maximum atomic E-state index is 7.27. The lowest BCUT2D eigenvalue weighted by Gasteiger charge is -2.07. The van der Waals surface area contributed by atoms with Crippen LogP contribution in [0.25, 0.3) is 27.4 Å². The molecule has 0 atom stereocenters. The Bertz CT molecular complexity index is 805. The fourth-order valence-corrected chi connectivity index (χ4v) is 2.12. The zero-order chi connectivity index (χ0) is 14.7. The molecule has 21 heavy (non-hydrogen) atoms. The monoisotopic (exact) mass is 272 g/mol. The second-order valence-electron chi connectivity index (χ2n) is 4.47. The van der Waals surface area contributed by atoms with Gasteiger partial charge in [0, 0.05) is 5.56 Å². The Morgan fingerprint density at radius 1 is 0.762 bits per heavy atom. The molecule has 4 heteroatoms. The summed E-state index contributed by atoms with van der Waals surface area (Å²) < 4.78 is 0. The van der Waals surface area contributed by atoms with E-state index in [2.05, 4.69) is 14.8 Å². The summed E-state index contributed by atoms with van der Waals surface area (Å²) in [5, 5.41) is 0. The van der Waals surface area contributed by atoms with Crippen molar-refractivity contribution in [3.63, 3.8) is 0 Å². The lowest BCUT2D eigenvalue weighted by atomic mass is 10.1. The van der Waals surface area contributed by atoms with Gasteiger partial charge in [-0.05, 0) is 5.56 Å². The van der Waals surface area contributed by atoms with E-state index in [-0.39, 0.29) is 11.6 Å². The van der Waals surface area contributed by atoms with Crippen molar-refractivity contribution in [3.05, 3.63) is 72.1 Å². The van der Waals surface area contributed by atoms with Crippen LogP contribution < -0.4 is 5.73 Å². The summed E-state index contributed by atoms with van der Waals surface area (Å²) in [7, 11) is 0. The summed E-state index contributed by atoms with van der Waals surface area (Å²) in [4.78, 5) is 12.2. The number of nitrogens with zero attached hydrogens (tertiary/aromatic N) is 3. The Morgan fingerprint density at radius 2 is 1.29 bits per heavy atom. The van der Waals surface area contributed by atoms with Crippen molar-refractivity contribution in [3.8, 4) is 22.5 Å². The SMILES string of the molecule is [C-]#[N+]c1nc(N)c(-c2ccccc2)nc1-c1ccccc1. The fourth-order valence-electron chi connectivity index (χ4n) is 2.12. The van der Waals surface area contributed by atoms with E-state index in [1.807, 2.05) is 60.7 Å². The van der Waals surface area contributed by atoms with Crippen LogP contribution in [0, 0.1) is 6.57 Å². The van der Waals surface area contributed by atoms with Crippen molar-refractivity contribution in [1.29, 1.82) is 0 Å². The molecule has 1 aromatic heterocycles. The second-order valence-corrected chi connectivity index (χ2v) is 4.47. The predicted octanol–water partition coefficient (Wildman–Crippen LogP) is 3.94. The van der Waals surface area contributed by atoms with Gasteiger partial charge in [0.1, 0.15) is 5.69 Å². The Labute approximate surface area is 122 Å². The molecule has 0 aliphatic carbocycles. The Balaban J connectivity index is 2.23. The molecule has 0 spiro atoms.